The molecule has 0 fully saturated rings. The highest BCUT2D eigenvalue weighted by Gasteiger charge is 2.05. The Balaban J connectivity index is 2.29. The Morgan fingerprint density at radius 2 is 2.13 bits per heavy atom. The predicted octanol–water partition coefficient (Wildman–Crippen LogP) is 0.529. The molecular weight excluding hydrogens is 192 g/mol. The van der Waals surface area contributed by atoms with Gasteiger partial charge in [0.25, 0.3) is 5.91 Å². The van der Waals surface area contributed by atoms with Crippen molar-refractivity contribution in [2.45, 2.75) is 13.0 Å². The van der Waals surface area contributed by atoms with Crippen molar-refractivity contribution >= 4 is 5.91 Å². The molecule has 0 aliphatic rings. The molecule has 1 aromatic rings. The van der Waals surface area contributed by atoms with Crippen molar-refractivity contribution in [2.75, 3.05) is 13.2 Å². The number of ether oxygens (including phenoxy) is 1. The Bertz CT molecular complexity index is 301. The Morgan fingerprint density at radius 1 is 1.47 bits per heavy atom. The maximum Gasteiger partial charge on any atom is 0.258 e. The number of para-hydroxylation sites is 1. The van der Waals surface area contributed by atoms with Crippen molar-refractivity contribution in [3.05, 3.63) is 30.3 Å². The Labute approximate surface area is 89.4 Å². The first-order valence-corrected chi connectivity index (χ1v) is 4.89. The Kier molecular flexibility index (Phi) is 4.63. The molecular formula is C11H16N2O2. The molecule has 0 unspecified atom stereocenters. The van der Waals surface area contributed by atoms with Crippen LogP contribution in [0.15, 0.2) is 30.3 Å². The van der Waals surface area contributed by atoms with E-state index in [-0.39, 0.29) is 18.6 Å². The quantitative estimate of drug-likeness (QED) is 0.741. The van der Waals surface area contributed by atoms with Crippen LogP contribution in [0.5, 0.6) is 5.75 Å². The number of benzene rings is 1. The minimum atomic E-state index is -0.156. The molecule has 0 spiro atoms. The molecule has 1 rings (SSSR count). The topological polar surface area (TPSA) is 64.3 Å². The van der Waals surface area contributed by atoms with E-state index >= 15 is 0 Å². The summed E-state index contributed by atoms with van der Waals surface area (Å²) < 4.78 is 5.26. The number of hydrogen-bond donors (Lipinski definition) is 2. The molecule has 0 radical (unpaired) electrons. The molecule has 1 atom stereocenters. The molecule has 15 heavy (non-hydrogen) atoms. The largest absolute Gasteiger partial charge is 0.484 e. The van der Waals surface area contributed by atoms with Gasteiger partial charge in [-0.1, -0.05) is 18.2 Å². The number of nitrogens with two attached hydrogens (primary N) is 1. The van der Waals surface area contributed by atoms with Crippen molar-refractivity contribution in [2.24, 2.45) is 5.73 Å². The van der Waals surface area contributed by atoms with Crippen LogP contribution in [-0.4, -0.2) is 25.1 Å². The second-order valence-electron chi connectivity index (χ2n) is 3.31. The SMILES string of the molecule is C[C@@H](CN)NC(=O)COc1ccccc1. The van der Waals surface area contributed by atoms with E-state index in [0.717, 1.165) is 0 Å². The van der Waals surface area contributed by atoms with Crippen molar-refractivity contribution < 1.29 is 9.53 Å². The number of hydrogen-bond acceptors (Lipinski definition) is 3. The Morgan fingerprint density at radius 3 is 2.73 bits per heavy atom. The minimum Gasteiger partial charge on any atom is -0.484 e. The molecule has 82 valence electrons. The number of rotatable bonds is 5. The van der Waals surface area contributed by atoms with E-state index in [1.54, 1.807) is 12.1 Å². The Hall–Kier alpha value is -1.55. The van der Waals surface area contributed by atoms with E-state index in [4.69, 9.17) is 10.5 Å². The lowest BCUT2D eigenvalue weighted by Crippen LogP contribution is -2.40. The van der Waals surface area contributed by atoms with Crippen molar-refractivity contribution in [1.29, 1.82) is 0 Å². The lowest BCUT2D eigenvalue weighted by Gasteiger charge is -2.11. The summed E-state index contributed by atoms with van der Waals surface area (Å²) in [6.45, 7) is 2.30. The van der Waals surface area contributed by atoms with Crippen LogP contribution in [0, 0.1) is 0 Å². The van der Waals surface area contributed by atoms with Crippen LogP contribution in [0.25, 0.3) is 0 Å². The highest BCUT2D eigenvalue weighted by atomic mass is 16.5. The van der Waals surface area contributed by atoms with Crippen LogP contribution in [-0.2, 0) is 4.79 Å². The predicted molar refractivity (Wildman–Crippen MR) is 58.6 cm³/mol. The van der Waals surface area contributed by atoms with Crippen molar-refractivity contribution in [3.63, 3.8) is 0 Å². The van der Waals surface area contributed by atoms with Gasteiger partial charge in [-0.25, -0.2) is 0 Å². The first-order chi connectivity index (χ1) is 7.22. The summed E-state index contributed by atoms with van der Waals surface area (Å²) in [4.78, 5) is 11.3. The molecule has 0 bridgehead atoms. The zero-order chi connectivity index (χ0) is 11.1. The molecule has 0 aliphatic heterocycles. The standard InChI is InChI=1S/C11H16N2O2/c1-9(7-12)13-11(14)8-15-10-5-3-2-4-6-10/h2-6,9H,7-8,12H2,1H3,(H,13,14)/t9-/m0/s1. The summed E-state index contributed by atoms with van der Waals surface area (Å²) in [5.74, 6) is 0.532. The van der Waals surface area contributed by atoms with Gasteiger partial charge in [0, 0.05) is 12.6 Å². The summed E-state index contributed by atoms with van der Waals surface area (Å²) in [5.41, 5.74) is 5.37. The summed E-state index contributed by atoms with van der Waals surface area (Å²) in [6, 6.07) is 9.20. The second kappa shape index (κ2) is 6.03. The van der Waals surface area contributed by atoms with Gasteiger partial charge in [-0.15, -0.1) is 0 Å². The highest BCUT2D eigenvalue weighted by molar-refractivity contribution is 5.77. The summed E-state index contributed by atoms with van der Waals surface area (Å²) in [7, 11) is 0. The van der Waals surface area contributed by atoms with Gasteiger partial charge in [-0.05, 0) is 19.1 Å². The van der Waals surface area contributed by atoms with Crippen molar-refractivity contribution in [1.82, 2.24) is 5.32 Å². The van der Waals surface area contributed by atoms with Gasteiger partial charge in [0.1, 0.15) is 5.75 Å². The molecule has 1 amide bonds. The maximum absolute atomic E-state index is 11.3. The molecule has 0 aromatic heterocycles. The number of amides is 1. The lowest BCUT2D eigenvalue weighted by molar-refractivity contribution is -0.123. The third kappa shape index (κ3) is 4.46. The normalized spacial score (nSPS) is 11.9. The van der Waals surface area contributed by atoms with Crippen LogP contribution in [0.4, 0.5) is 0 Å². The first-order valence-electron chi connectivity index (χ1n) is 4.89. The summed E-state index contributed by atoms with van der Waals surface area (Å²) >= 11 is 0. The van der Waals surface area contributed by atoms with E-state index in [2.05, 4.69) is 5.32 Å². The third-order valence-corrected chi connectivity index (χ3v) is 1.87. The zero-order valence-electron chi connectivity index (χ0n) is 8.77. The maximum atomic E-state index is 11.3. The fraction of sp³-hybridized carbons (Fsp3) is 0.364. The van der Waals surface area contributed by atoms with E-state index in [1.807, 2.05) is 25.1 Å². The second-order valence-corrected chi connectivity index (χ2v) is 3.31. The van der Waals surface area contributed by atoms with Crippen LogP contribution in [0.1, 0.15) is 6.92 Å². The first kappa shape index (κ1) is 11.5. The monoisotopic (exact) mass is 208 g/mol. The van der Waals surface area contributed by atoms with E-state index in [1.165, 1.54) is 0 Å². The fourth-order valence-electron chi connectivity index (χ4n) is 1.04. The van der Waals surface area contributed by atoms with Gasteiger partial charge in [-0.2, -0.15) is 0 Å². The van der Waals surface area contributed by atoms with Crippen LogP contribution < -0.4 is 15.8 Å². The molecule has 4 nitrogen and oxygen atoms in total. The average molecular weight is 208 g/mol. The lowest BCUT2D eigenvalue weighted by atomic mass is 10.3. The van der Waals surface area contributed by atoms with Gasteiger partial charge in [0.15, 0.2) is 6.61 Å². The smallest absolute Gasteiger partial charge is 0.258 e. The van der Waals surface area contributed by atoms with E-state index in [0.29, 0.717) is 12.3 Å². The van der Waals surface area contributed by atoms with E-state index in [9.17, 15) is 4.79 Å². The number of nitrogens with one attached hydrogen (secondary N) is 1. The molecule has 0 saturated heterocycles. The highest BCUT2D eigenvalue weighted by Crippen LogP contribution is 2.07. The fourth-order valence-corrected chi connectivity index (χ4v) is 1.04. The minimum absolute atomic E-state index is 0.0168. The molecule has 1 aromatic carbocycles. The molecule has 0 heterocycles. The summed E-state index contributed by atoms with van der Waals surface area (Å²) in [5, 5.41) is 2.71. The molecule has 4 heteroatoms. The van der Waals surface area contributed by atoms with Crippen molar-refractivity contribution in [3.8, 4) is 5.75 Å². The number of carbonyl (C=O) groups is 1. The molecule has 3 N–H and O–H groups in total. The summed E-state index contributed by atoms with van der Waals surface area (Å²) in [6.07, 6.45) is 0. The average Bonchev–Trinajstić information content (AvgIpc) is 2.27. The number of carbonyl (C=O) groups excluding carboxylic acids is 1. The molecule has 0 saturated carbocycles. The van der Waals surface area contributed by atoms with Gasteiger partial charge < -0.3 is 15.8 Å². The van der Waals surface area contributed by atoms with Crippen LogP contribution >= 0.6 is 0 Å². The van der Waals surface area contributed by atoms with Gasteiger partial charge in [0.2, 0.25) is 0 Å². The van der Waals surface area contributed by atoms with Gasteiger partial charge in [-0.3, -0.25) is 4.79 Å². The van der Waals surface area contributed by atoms with Gasteiger partial charge >= 0.3 is 0 Å². The van der Waals surface area contributed by atoms with Crippen LogP contribution in [0.3, 0.4) is 0 Å². The molecule has 0 aliphatic carbocycles. The third-order valence-electron chi connectivity index (χ3n) is 1.87. The van der Waals surface area contributed by atoms with Gasteiger partial charge in [0.05, 0.1) is 0 Å². The van der Waals surface area contributed by atoms with Crippen LogP contribution in [0.2, 0.25) is 0 Å². The zero-order valence-corrected chi connectivity index (χ0v) is 8.77. The van der Waals surface area contributed by atoms with E-state index < -0.39 is 0 Å².